The highest BCUT2D eigenvalue weighted by atomic mass is 79.9. The third-order valence-electron chi connectivity index (χ3n) is 2.71. The fourth-order valence-corrected chi connectivity index (χ4v) is 3.11. The Balaban J connectivity index is 2.85. The van der Waals surface area contributed by atoms with Crippen LogP contribution in [0, 0.1) is 0 Å². The Bertz CT molecular complexity index is 632. The molecule has 2 rings (SSSR count). The van der Waals surface area contributed by atoms with Crippen LogP contribution < -0.4 is 0 Å². The summed E-state index contributed by atoms with van der Waals surface area (Å²) in [6.45, 7) is 6.27. The van der Waals surface area contributed by atoms with Gasteiger partial charge < -0.3 is 0 Å². The van der Waals surface area contributed by atoms with Gasteiger partial charge in [-0.3, -0.25) is 0 Å². The molecule has 0 radical (unpaired) electrons. The smallest absolute Gasteiger partial charge is 0.133 e. The summed E-state index contributed by atoms with van der Waals surface area (Å²) in [6, 6.07) is 3.92. The molecule has 0 atom stereocenters. The van der Waals surface area contributed by atoms with E-state index in [2.05, 4.69) is 41.7 Å². The Morgan fingerprint density at radius 2 is 1.67 bits per heavy atom. The summed E-state index contributed by atoms with van der Waals surface area (Å²) in [5.74, 6) is 0. The zero-order valence-corrected chi connectivity index (χ0v) is 14.0. The normalized spacial score (nSPS) is 12.2. The average molecular weight is 368 g/mol. The van der Waals surface area contributed by atoms with Crippen molar-refractivity contribution in [2.45, 2.75) is 26.2 Å². The molecule has 1 aromatic heterocycles. The molecule has 18 heavy (non-hydrogen) atoms. The topological polar surface area (TPSA) is 12.9 Å². The Morgan fingerprint density at radius 1 is 1.06 bits per heavy atom. The summed E-state index contributed by atoms with van der Waals surface area (Å²) >= 11 is 21.9. The van der Waals surface area contributed by atoms with E-state index < -0.39 is 0 Å². The van der Waals surface area contributed by atoms with E-state index in [1.807, 2.05) is 12.1 Å². The van der Waals surface area contributed by atoms with E-state index >= 15 is 0 Å². The highest BCUT2D eigenvalue weighted by molar-refractivity contribution is 9.10. The van der Waals surface area contributed by atoms with Gasteiger partial charge in [0.25, 0.3) is 0 Å². The first-order chi connectivity index (χ1) is 8.21. The summed E-state index contributed by atoms with van der Waals surface area (Å²) in [7, 11) is 0. The fourth-order valence-electron chi connectivity index (χ4n) is 1.73. The lowest BCUT2D eigenvalue weighted by molar-refractivity contribution is 0.589. The van der Waals surface area contributed by atoms with E-state index in [1.165, 1.54) is 0 Å². The van der Waals surface area contributed by atoms with Gasteiger partial charge in [-0.15, -0.1) is 0 Å². The number of nitrogens with zero attached hydrogens (tertiary/aromatic N) is 1. The molecule has 0 bridgehead atoms. The molecule has 0 aliphatic heterocycles. The van der Waals surface area contributed by atoms with E-state index in [-0.39, 0.29) is 5.41 Å². The predicted molar refractivity (Wildman–Crippen MR) is 83.2 cm³/mol. The van der Waals surface area contributed by atoms with Crippen LogP contribution in [0.15, 0.2) is 16.6 Å². The van der Waals surface area contributed by atoms with E-state index in [9.17, 15) is 0 Å². The highest BCUT2D eigenvalue weighted by Crippen LogP contribution is 2.39. The molecule has 1 aromatic carbocycles. The van der Waals surface area contributed by atoms with Crippen LogP contribution in [0.2, 0.25) is 15.2 Å². The first kappa shape index (κ1) is 14.4. The van der Waals surface area contributed by atoms with Crippen molar-refractivity contribution in [2.75, 3.05) is 0 Å². The van der Waals surface area contributed by atoms with Gasteiger partial charge in [-0.2, -0.15) is 0 Å². The predicted octanol–water partition coefficient (Wildman–Crippen LogP) is 6.26. The molecule has 0 fully saturated rings. The first-order valence-corrected chi connectivity index (χ1v) is 7.28. The number of aromatic nitrogens is 1. The van der Waals surface area contributed by atoms with Gasteiger partial charge in [-0.25, -0.2) is 4.98 Å². The van der Waals surface area contributed by atoms with Crippen LogP contribution in [-0.2, 0) is 5.41 Å². The van der Waals surface area contributed by atoms with Crippen LogP contribution in [-0.4, -0.2) is 4.98 Å². The number of rotatable bonds is 0. The minimum Gasteiger partial charge on any atom is -0.234 e. The lowest BCUT2D eigenvalue weighted by Gasteiger charge is -2.21. The SMILES string of the molecule is CC(C)(C)c1cc2cc(Br)c(Cl)c(Cl)c2nc1Cl. The van der Waals surface area contributed by atoms with Crippen molar-refractivity contribution >= 4 is 61.6 Å². The lowest BCUT2D eigenvalue weighted by Crippen LogP contribution is -2.12. The van der Waals surface area contributed by atoms with Crippen LogP contribution in [0.1, 0.15) is 26.3 Å². The molecule has 0 saturated carbocycles. The third kappa shape index (κ3) is 2.49. The quantitative estimate of drug-likeness (QED) is 0.396. The van der Waals surface area contributed by atoms with Crippen molar-refractivity contribution in [3.8, 4) is 0 Å². The van der Waals surface area contributed by atoms with Crippen molar-refractivity contribution in [3.63, 3.8) is 0 Å². The number of hydrogen-bond acceptors (Lipinski definition) is 1. The molecular formula is C13H11BrCl3N. The van der Waals surface area contributed by atoms with Crippen LogP contribution in [0.3, 0.4) is 0 Å². The second kappa shape index (κ2) is 4.82. The van der Waals surface area contributed by atoms with Gasteiger partial charge in [-0.05, 0) is 39.0 Å². The van der Waals surface area contributed by atoms with Crippen molar-refractivity contribution < 1.29 is 0 Å². The van der Waals surface area contributed by atoms with E-state index in [4.69, 9.17) is 34.8 Å². The maximum atomic E-state index is 6.23. The molecule has 0 amide bonds. The van der Waals surface area contributed by atoms with Gasteiger partial charge in [-0.1, -0.05) is 55.6 Å². The second-order valence-electron chi connectivity index (χ2n) is 5.13. The third-order valence-corrected chi connectivity index (χ3v) is 4.71. The maximum absolute atomic E-state index is 6.23. The zero-order valence-electron chi connectivity index (χ0n) is 10.1. The maximum Gasteiger partial charge on any atom is 0.133 e. The molecular weight excluding hydrogens is 356 g/mol. The molecule has 1 nitrogen and oxygen atoms in total. The van der Waals surface area contributed by atoms with Crippen molar-refractivity contribution in [1.29, 1.82) is 0 Å². The van der Waals surface area contributed by atoms with E-state index in [1.54, 1.807) is 0 Å². The number of halogens is 4. The zero-order chi connectivity index (χ0) is 13.7. The van der Waals surface area contributed by atoms with E-state index in [0.717, 1.165) is 15.4 Å². The second-order valence-corrected chi connectivity index (χ2v) is 7.10. The number of benzene rings is 1. The van der Waals surface area contributed by atoms with Gasteiger partial charge in [0.2, 0.25) is 0 Å². The molecule has 0 saturated heterocycles. The minimum absolute atomic E-state index is 0.0726. The van der Waals surface area contributed by atoms with E-state index in [0.29, 0.717) is 20.7 Å². The number of hydrogen-bond donors (Lipinski definition) is 0. The molecule has 0 aliphatic rings. The molecule has 0 unspecified atom stereocenters. The summed E-state index contributed by atoms with van der Waals surface area (Å²) in [5, 5.41) is 2.26. The highest BCUT2D eigenvalue weighted by Gasteiger charge is 2.20. The van der Waals surface area contributed by atoms with Gasteiger partial charge in [0, 0.05) is 9.86 Å². The van der Waals surface area contributed by atoms with Crippen LogP contribution >= 0.6 is 50.7 Å². The standard InChI is InChI=1S/C13H11BrCl3N/c1-13(2,3)7-4-6-5-8(14)9(15)10(16)11(6)18-12(7)17/h4-5H,1-3H3. The Hall–Kier alpha value is -0.0200. The fraction of sp³-hybridized carbons (Fsp3) is 0.308. The molecule has 96 valence electrons. The molecule has 2 aromatic rings. The molecule has 0 aliphatic carbocycles. The number of fused-ring (bicyclic) bond motifs is 1. The monoisotopic (exact) mass is 365 g/mol. The van der Waals surface area contributed by atoms with Gasteiger partial charge >= 0.3 is 0 Å². The summed E-state index contributed by atoms with van der Waals surface area (Å²) < 4.78 is 0.755. The Labute approximate surface area is 130 Å². The van der Waals surface area contributed by atoms with Gasteiger partial charge in [0.1, 0.15) is 5.15 Å². The van der Waals surface area contributed by atoms with Crippen LogP contribution in [0.4, 0.5) is 0 Å². The molecule has 5 heteroatoms. The molecule has 0 N–H and O–H groups in total. The summed E-state index contributed by atoms with van der Waals surface area (Å²) in [4.78, 5) is 4.37. The average Bonchev–Trinajstić information content (AvgIpc) is 2.25. The van der Waals surface area contributed by atoms with Crippen molar-refractivity contribution in [2.24, 2.45) is 0 Å². The first-order valence-electron chi connectivity index (χ1n) is 5.36. The number of pyridine rings is 1. The van der Waals surface area contributed by atoms with Crippen LogP contribution in [0.25, 0.3) is 10.9 Å². The summed E-state index contributed by atoms with van der Waals surface area (Å²) in [5.41, 5.74) is 1.54. The van der Waals surface area contributed by atoms with Crippen LogP contribution in [0.5, 0.6) is 0 Å². The summed E-state index contributed by atoms with van der Waals surface area (Å²) in [6.07, 6.45) is 0. The van der Waals surface area contributed by atoms with Gasteiger partial charge in [0.15, 0.2) is 0 Å². The molecule has 1 heterocycles. The largest absolute Gasteiger partial charge is 0.234 e. The Kier molecular flexibility index (Phi) is 3.86. The molecule has 0 spiro atoms. The van der Waals surface area contributed by atoms with Crippen molar-refractivity contribution in [3.05, 3.63) is 37.4 Å². The van der Waals surface area contributed by atoms with Crippen molar-refractivity contribution in [1.82, 2.24) is 4.98 Å². The Morgan fingerprint density at radius 3 is 2.22 bits per heavy atom. The minimum atomic E-state index is -0.0726. The van der Waals surface area contributed by atoms with Gasteiger partial charge in [0.05, 0.1) is 15.6 Å². The lowest BCUT2D eigenvalue weighted by atomic mass is 9.87.